The first kappa shape index (κ1) is 16.7. The Hall–Kier alpha value is -2.14. The van der Waals surface area contributed by atoms with Crippen LogP contribution >= 0.6 is 0 Å². The van der Waals surface area contributed by atoms with Gasteiger partial charge >= 0.3 is 0 Å². The van der Waals surface area contributed by atoms with Gasteiger partial charge in [0.1, 0.15) is 0 Å². The highest BCUT2D eigenvalue weighted by molar-refractivity contribution is 5.80. The van der Waals surface area contributed by atoms with Crippen molar-refractivity contribution in [3.8, 4) is 0 Å². The van der Waals surface area contributed by atoms with Crippen LogP contribution in [0.1, 0.15) is 48.0 Å². The number of nitrogens with one attached hydrogen (secondary N) is 1. The van der Waals surface area contributed by atoms with Crippen molar-refractivity contribution >= 4 is 5.91 Å². The number of aryl methyl sites for hydroxylation is 2. The average Bonchev–Trinajstić information content (AvgIpc) is 3.13. The number of rotatable bonds is 4. The highest BCUT2D eigenvalue weighted by atomic mass is 16.5. The number of ether oxygens (including phenoxy) is 1. The van der Waals surface area contributed by atoms with Crippen molar-refractivity contribution in [3.05, 3.63) is 52.8 Å². The average molecular weight is 327 g/mol. The lowest BCUT2D eigenvalue weighted by Gasteiger charge is -2.22. The highest BCUT2D eigenvalue weighted by Gasteiger charge is 2.38. The summed E-state index contributed by atoms with van der Waals surface area (Å²) in [6, 6.07) is 10.00. The molecule has 0 radical (unpaired) electrons. The quantitative estimate of drug-likeness (QED) is 0.939. The fourth-order valence-corrected chi connectivity index (χ4v) is 3.49. The molecule has 1 aliphatic heterocycles. The maximum atomic E-state index is 12.8. The van der Waals surface area contributed by atoms with Crippen LogP contribution in [0.3, 0.4) is 0 Å². The fraction of sp³-hybridized carbons (Fsp3) is 0.474. The van der Waals surface area contributed by atoms with Crippen molar-refractivity contribution < 1.29 is 9.53 Å². The lowest BCUT2D eigenvalue weighted by molar-refractivity contribution is -0.127. The summed E-state index contributed by atoms with van der Waals surface area (Å²) in [6.07, 6.45) is 0.535. The molecule has 1 aliphatic rings. The molecule has 1 saturated heterocycles. The van der Waals surface area contributed by atoms with E-state index in [0.717, 1.165) is 28.9 Å². The number of amides is 1. The van der Waals surface area contributed by atoms with Crippen LogP contribution in [0.4, 0.5) is 0 Å². The van der Waals surface area contributed by atoms with E-state index in [-0.39, 0.29) is 24.0 Å². The van der Waals surface area contributed by atoms with Gasteiger partial charge in [0.2, 0.25) is 5.91 Å². The summed E-state index contributed by atoms with van der Waals surface area (Å²) in [7, 11) is 1.92. The minimum absolute atomic E-state index is 0.0176. The van der Waals surface area contributed by atoms with Crippen molar-refractivity contribution in [1.82, 2.24) is 15.1 Å². The molecule has 0 aliphatic carbocycles. The number of carbonyl (C=O) groups is 1. The zero-order valence-electron chi connectivity index (χ0n) is 14.7. The third kappa shape index (κ3) is 3.08. The van der Waals surface area contributed by atoms with Crippen LogP contribution in [-0.4, -0.2) is 22.3 Å². The van der Waals surface area contributed by atoms with Gasteiger partial charge in [-0.1, -0.05) is 30.3 Å². The van der Waals surface area contributed by atoms with Gasteiger partial charge in [-0.15, -0.1) is 0 Å². The van der Waals surface area contributed by atoms with E-state index in [9.17, 15) is 4.79 Å². The Bertz CT molecular complexity index is 724. The zero-order chi connectivity index (χ0) is 17.3. The van der Waals surface area contributed by atoms with Crippen molar-refractivity contribution in [2.45, 2.75) is 39.3 Å². The Morgan fingerprint density at radius 3 is 2.67 bits per heavy atom. The smallest absolute Gasteiger partial charge is 0.226 e. The normalized spacial score (nSPS) is 21.7. The molecule has 2 heterocycles. The number of benzene rings is 1. The van der Waals surface area contributed by atoms with Gasteiger partial charge in [0.05, 0.1) is 23.8 Å². The van der Waals surface area contributed by atoms with E-state index < -0.39 is 0 Å². The SMILES string of the molecule is Cc1nn(C)c(C)c1[C@H]1OCC[C@@H]1C(=O)NC(C)c1ccccc1. The molecule has 0 bridgehead atoms. The molecular weight excluding hydrogens is 302 g/mol. The van der Waals surface area contributed by atoms with Crippen LogP contribution in [0.2, 0.25) is 0 Å². The van der Waals surface area contributed by atoms with E-state index in [2.05, 4.69) is 10.4 Å². The topological polar surface area (TPSA) is 56.2 Å². The second kappa shape index (κ2) is 6.77. The van der Waals surface area contributed by atoms with Gasteiger partial charge < -0.3 is 10.1 Å². The molecule has 1 aromatic carbocycles. The third-order valence-corrected chi connectivity index (χ3v) is 4.94. The number of hydrogen-bond acceptors (Lipinski definition) is 3. The molecule has 0 saturated carbocycles. The van der Waals surface area contributed by atoms with Gasteiger partial charge in [-0.3, -0.25) is 9.48 Å². The summed E-state index contributed by atoms with van der Waals surface area (Å²) < 4.78 is 7.78. The predicted molar refractivity (Wildman–Crippen MR) is 92.5 cm³/mol. The summed E-state index contributed by atoms with van der Waals surface area (Å²) in [5.74, 6) is -0.116. The van der Waals surface area contributed by atoms with Gasteiger partial charge in [0.15, 0.2) is 0 Å². The fourth-order valence-electron chi connectivity index (χ4n) is 3.49. The van der Waals surface area contributed by atoms with Crippen LogP contribution in [0.15, 0.2) is 30.3 Å². The van der Waals surface area contributed by atoms with E-state index in [1.807, 2.05) is 62.8 Å². The molecule has 3 rings (SSSR count). The molecule has 2 aromatic rings. The first-order valence-electron chi connectivity index (χ1n) is 8.46. The molecule has 24 heavy (non-hydrogen) atoms. The first-order valence-corrected chi connectivity index (χ1v) is 8.46. The van der Waals surface area contributed by atoms with Gasteiger partial charge in [0, 0.05) is 24.9 Å². The summed E-state index contributed by atoms with van der Waals surface area (Å²) >= 11 is 0. The van der Waals surface area contributed by atoms with Crippen LogP contribution in [0.5, 0.6) is 0 Å². The van der Waals surface area contributed by atoms with Crippen LogP contribution in [0, 0.1) is 19.8 Å². The van der Waals surface area contributed by atoms with E-state index in [4.69, 9.17) is 4.74 Å². The maximum absolute atomic E-state index is 12.8. The molecule has 3 atom stereocenters. The van der Waals surface area contributed by atoms with Gasteiger partial charge in [-0.05, 0) is 32.8 Å². The molecular formula is C19H25N3O2. The molecule has 1 unspecified atom stereocenters. The summed E-state index contributed by atoms with van der Waals surface area (Å²) in [5, 5.41) is 7.60. The van der Waals surface area contributed by atoms with E-state index in [1.54, 1.807) is 0 Å². The number of hydrogen-bond donors (Lipinski definition) is 1. The van der Waals surface area contributed by atoms with Crippen molar-refractivity contribution in [3.63, 3.8) is 0 Å². The Morgan fingerprint density at radius 2 is 2.04 bits per heavy atom. The van der Waals surface area contributed by atoms with Gasteiger partial charge in [-0.25, -0.2) is 0 Å². The predicted octanol–water partition coefficient (Wildman–Crippen LogP) is 2.99. The summed E-state index contributed by atoms with van der Waals surface area (Å²) in [5.41, 5.74) is 4.17. The lowest BCUT2D eigenvalue weighted by Crippen LogP contribution is -2.34. The minimum Gasteiger partial charge on any atom is -0.373 e. The van der Waals surface area contributed by atoms with Crippen LogP contribution < -0.4 is 5.32 Å². The third-order valence-electron chi connectivity index (χ3n) is 4.94. The summed E-state index contributed by atoms with van der Waals surface area (Å²) in [6.45, 7) is 6.62. The number of carbonyl (C=O) groups excluding carboxylic acids is 1. The van der Waals surface area contributed by atoms with Crippen molar-refractivity contribution in [2.24, 2.45) is 13.0 Å². The molecule has 0 spiro atoms. The number of nitrogens with zero attached hydrogens (tertiary/aromatic N) is 2. The lowest BCUT2D eigenvalue weighted by atomic mass is 9.92. The van der Waals surface area contributed by atoms with Crippen LogP contribution in [-0.2, 0) is 16.6 Å². The molecule has 1 aromatic heterocycles. The maximum Gasteiger partial charge on any atom is 0.226 e. The molecule has 128 valence electrons. The zero-order valence-corrected chi connectivity index (χ0v) is 14.7. The van der Waals surface area contributed by atoms with E-state index in [1.165, 1.54) is 0 Å². The molecule has 1 N–H and O–H groups in total. The first-order chi connectivity index (χ1) is 11.5. The van der Waals surface area contributed by atoms with Crippen molar-refractivity contribution in [2.75, 3.05) is 6.61 Å². The van der Waals surface area contributed by atoms with Crippen LogP contribution in [0.25, 0.3) is 0 Å². The summed E-state index contributed by atoms with van der Waals surface area (Å²) in [4.78, 5) is 12.8. The Kier molecular flexibility index (Phi) is 4.71. The Balaban J connectivity index is 1.77. The standard InChI is InChI=1S/C19H25N3O2/c1-12(15-8-6-5-7-9-15)20-19(23)16-10-11-24-18(16)17-13(2)21-22(4)14(17)3/h5-9,12,16,18H,10-11H2,1-4H3,(H,20,23)/t12?,16-,18-/m0/s1. The monoisotopic (exact) mass is 327 g/mol. The van der Waals surface area contributed by atoms with Gasteiger partial charge in [-0.2, -0.15) is 5.10 Å². The molecule has 1 amide bonds. The molecule has 1 fully saturated rings. The molecule has 5 heteroatoms. The highest BCUT2D eigenvalue weighted by Crippen LogP contribution is 2.38. The second-order valence-electron chi connectivity index (χ2n) is 6.54. The second-order valence-corrected chi connectivity index (χ2v) is 6.54. The Morgan fingerprint density at radius 1 is 1.33 bits per heavy atom. The van der Waals surface area contributed by atoms with Crippen molar-refractivity contribution in [1.29, 1.82) is 0 Å². The van der Waals surface area contributed by atoms with E-state index >= 15 is 0 Å². The van der Waals surface area contributed by atoms with E-state index in [0.29, 0.717) is 6.61 Å². The largest absolute Gasteiger partial charge is 0.373 e. The van der Waals surface area contributed by atoms with Gasteiger partial charge in [0.25, 0.3) is 0 Å². The minimum atomic E-state index is -0.207. The Labute approximate surface area is 143 Å². The number of aromatic nitrogens is 2. The molecule has 5 nitrogen and oxygen atoms in total.